The van der Waals surface area contributed by atoms with Crippen molar-refractivity contribution >= 4 is 18.7 Å². The molecule has 0 N–H and O–H groups in total. The first-order chi connectivity index (χ1) is 14.3. The van der Waals surface area contributed by atoms with Crippen molar-refractivity contribution in [3.05, 3.63) is 24.3 Å². The fourth-order valence-electron chi connectivity index (χ4n) is 3.76. The molecular formula is C23H36BNO6. The first kappa shape index (κ1) is 23.9. The normalized spacial score (nSPS) is 25.0. The topological polar surface area (TPSA) is 66.5 Å². The minimum atomic E-state index is -0.551. The molecule has 172 valence electrons. The van der Waals surface area contributed by atoms with Crippen molar-refractivity contribution < 1.29 is 28.3 Å². The summed E-state index contributed by atoms with van der Waals surface area (Å²) in [5.74, 6) is 0.722. The molecule has 1 aromatic rings. The van der Waals surface area contributed by atoms with E-state index in [9.17, 15) is 4.79 Å². The van der Waals surface area contributed by atoms with Gasteiger partial charge in [0.2, 0.25) is 0 Å². The van der Waals surface area contributed by atoms with E-state index in [1.807, 2.05) is 72.7 Å². The van der Waals surface area contributed by atoms with E-state index in [-0.39, 0.29) is 18.2 Å². The first-order valence-corrected chi connectivity index (χ1v) is 10.9. The minimum Gasteiger partial charge on any atom is -0.489 e. The van der Waals surface area contributed by atoms with Crippen molar-refractivity contribution in [1.29, 1.82) is 0 Å². The van der Waals surface area contributed by atoms with Crippen molar-refractivity contribution in [3.63, 3.8) is 0 Å². The number of carbonyl (C=O) groups is 1. The molecule has 0 aromatic heterocycles. The maximum Gasteiger partial charge on any atom is 0.494 e. The second kappa shape index (κ2) is 8.64. The van der Waals surface area contributed by atoms with Gasteiger partial charge in [-0.1, -0.05) is 12.1 Å². The summed E-state index contributed by atoms with van der Waals surface area (Å²) >= 11 is 0. The van der Waals surface area contributed by atoms with Crippen LogP contribution in [0.5, 0.6) is 5.75 Å². The van der Waals surface area contributed by atoms with Crippen LogP contribution in [-0.2, 0) is 18.8 Å². The highest BCUT2D eigenvalue weighted by molar-refractivity contribution is 6.62. The molecule has 0 saturated carbocycles. The van der Waals surface area contributed by atoms with Crippen molar-refractivity contribution in [1.82, 2.24) is 4.90 Å². The number of rotatable bonds is 5. The van der Waals surface area contributed by atoms with Gasteiger partial charge < -0.3 is 23.5 Å². The van der Waals surface area contributed by atoms with Crippen molar-refractivity contribution in [3.8, 4) is 5.75 Å². The summed E-state index contributed by atoms with van der Waals surface area (Å²) < 4.78 is 29.4. The van der Waals surface area contributed by atoms with Crippen LogP contribution in [0.1, 0.15) is 54.9 Å². The average molecular weight is 433 g/mol. The van der Waals surface area contributed by atoms with Crippen molar-refractivity contribution in [2.24, 2.45) is 0 Å². The SMILES string of the molecule is COCC1CC(Oc2cccc(B3OC(C)(C)C(C)(C)O3)c2)CN1C(=O)OC(C)(C)C. The van der Waals surface area contributed by atoms with Crippen LogP contribution in [0.4, 0.5) is 4.79 Å². The van der Waals surface area contributed by atoms with Gasteiger partial charge in [-0.05, 0) is 66.1 Å². The smallest absolute Gasteiger partial charge is 0.489 e. The average Bonchev–Trinajstić information content (AvgIpc) is 3.11. The highest BCUT2D eigenvalue weighted by Gasteiger charge is 2.51. The van der Waals surface area contributed by atoms with Crippen LogP contribution in [0.3, 0.4) is 0 Å². The Morgan fingerprint density at radius 3 is 2.42 bits per heavy atom. The van der Waals surface area contributed by atoms with E-state index in [1.165, 1.54) is 0 Å². The number of hydrogen-bond acceptors (Lipinski definition) is 6. The van der Waals surface area contributed by atoms with Gasteiger partial charge in [0.1, 0.15) is 17.5 Å². The fourth-order valence-corrected chi connectivity index (χ4v) is 3.76. The largest absolute Gasteiger partial charge is 0.494 e. The minimum absolute atomic E-state index is 0.0869. The molecule has 0 bridgehead atoms. The Bertz CT molecular complexity index is 775. The van der Waals surface area contributed by atoms with Gasteiger partial charge in [0, 0.05) is 13.5 Å². The molecule has 2 atom stereocenters. The monoisotopic (exact) mass is 433 g/mol. The molecule has 8 heteroatoms. The Labute approximate surface area is 186 Å². The second-order valence-corrected chi connectivity index (χ2v) is 10.4. The molecule has 3 rings (SSSR count). The Morgan fingerprint density at radius 2 is 1.84 bits per heavy atom. The maximum atomic E-state index is 12.7. The van der Waals surface area contributed by atoms with Crippen LogP contribution < -0.4 is 10.2 Å². The molecule has 2 aliphatic heterocycles. The van der Waals surface area contributed by atoms with Crippen LogP contribution >= 0.6 is 0 Å². The number of likely N-dealkylation sites (tertiary alicyclic amines) is 1. The number of methoxy groups -OCH3 is 1. The van der Waals surface area contributed by atoms with E-state index in [0.717, 1.165) is 11.2 Å². The van der Waals surface area contributed by atoms with Gasteiger partial charge in [0.15, 0.2) is 0 Å². The molecule has 2 unspecified atom stereocenters. The molecule has 1 amide bonds. The number of benzene rings is 1. The van der Waals surface area contributed by atoms with E-state index in [1.54, 1.807) is 12.0 Å². The molecule has 0 radical (unpaired) electrons. The third-order valence-corrected chi connectivity index (χ3v) is 6.05. The molecule has 0 aliphatic carbocycles. The van der Waals surface area contributed by atoms with Gasteiger partial charge in [-0.25, -0.2) is 4.79 Å². The van der Waals surface area contributed by atoms with Crippen molar-refractivity contribution in [2.75, 3.05) is 20.3 Å². The number of amides is 1. The fraction of sp³-hybridized carbons (Fsp3) is 0.696. The highest BCUT2D eigenvalue weighted by atomic mass is 16.7. The molecule has 1 aromatic carbocycles. The summed E-state index contributed by atoms with van der Waals surface area (Å²) in [5, 5.41) is 0. The maximum absolute atomic E-state index is 12.7. The molecule has 2 saturated heterocycles. The van der Waals surface area contributed by atoms with E-state index in [4.69, 9.17) is 23.5 Å². The zero-order chi connectivity index (χ0) is 23.0. The standard InChI is InChI=1S/C23H36BNO6/c1-21(2,3)29-20(26)25-14-19(13-17(25)15-27-8)28-18-11-9-10-16(12-18)24-30-22(4,5)23(6,7)31-24/h9-12,17,19H,13-15H2,1-8H3. The van der Waals surface area contributed by atoms with E-state index in [2.05, 4.69) is 0 Å². The molecule has 2 fully saturated rings. The molecule has 0 spiro atoms. The van der Waals surface area contributed by atoms with Gasteiger partial charge in [-0.2, -0.15) is 0 Å². The summed E-state index contributed by atoms with van der Waals surface area (Å²) in [5.41, 5.74) is -0.445. The zero-order valence-electron chi connectivity index (χ0n) is 20.1. The van der Waals surface area contributed by atoms with E-state index >= 15 is 0 Å². The van der Waals surface area contributed by atoms with E-state index < -0.39 is 23.9 Å². The molecule has 2 heterocycles. The third kappa shape index (κ3) is 5.54. The summed E-state index contributed by atoms with van der Waals surface area (Å²) in [6.07, 6.45) is 0.182. The highest BCUT2D eigenvalue weighted by Crippen LogP contribution is 2.36. The summed E-state index contributed by atoms with van der Waals surface area (Å²) in [7, 11) is 1.19. The number of ether oxygens (including phenoxy) is 3. The van der Waals surface area contributed by atoms with Gasteiger partial charge in [-0.15, -0.1) is 0 Å². The number of hydrogen-bond donors (Lipinski definition) is 0. The van der Waals surface area contributed by atoms with Gasteiger partial charge in [-0.3, -0.25) is 4.90 Å². The Balaban J connectivity index is 1.69. The van der Waals surface area contributed by atoms with Crippen LogP contribution in [0.15, 0.2) is 24.3 Å². The van der Waals surface area contributed by atoms with E-state index in [0.29, 0.717) is 19.6 Å². The number of nitrogens with zero attached hydrogens (tertiary/aromatic N) is 1. The Kier molecular flexibility index (Phi) is 6.66. The molecule has 7 nitrogen and oxygen atoms in total. The lowest BCUT2D eigenvalue weighted by Gasteiger charge is -2.32. The second-order valence-electron chi connectivity index (χ2n) is 10.4. The third-order valence-electron chi connectivity index (χ3n) is 6.05. The van der Waals surface area contributed by atoms with Gasteiger partial charge in [0.25, 0.3) is 0 Å². The zero-order valence-corrected chi connectivity index (χ0v) is 20.1. The summed E-state index contributed by atoms with van der Waals surface area (Å²) in [4.78, 5) is 14.4. The van der Waals surface area contributed by atoms with Crippen LogP contribution in [0, 0.1) is 0 Å². The Morgan fingerprint density at radius 1 is 1.19 bits per heavy atom. The van der Waals surface area contributed by atoms with Crippen LogP contribution in [-0.4, -0.2) is 67.3 Å². The summed E-state index contributed by atoms with van der Waals surface area (Å²) in [6, 6.07) is 7.68. The lowest BCUT2D eigenvalue weighted by molar-refractivity contribution is 0.00578. The predicted octanol–water partition coefficient (Wildman–Crippen LogP) is 3.39. The summed E-state index contributed by atoms with van der Waals surface area (Å²) in [6.45, 7) is 14.6. The van der Waals surface area contributed by atoms with Crippen LogP contribution in [0.25, 0.3) is 0 Å². The van der Waals surface area contributed by atoms with Crippen molar-refractivity contribution in [2.45, 2.75) is 83.8 Å². The first-order valence-electron chi connectivity index (χ1n) is 10.9. The number of carbonyl (C=O) groups excluding carboxylic acids is 1. The quantitative estimate of drug-likeness (QED) is 0.664. The lowest BCUT2D eigenvalue weighted by Crippen LogP contribution is -2.42. The molecule has 31 heavy (non-hydrogen) atoms. The molecule has 2 aliphatic rings. The van der Waals surface area contributed by atoms with Gasteiger partial charge >= 0.3 is 13.2 Å². The molecular weight excluding hydrogens is 397 g/mol. The Hall–Kier alpha value is -1.77. The van der Waals surface area contributed by atoms with Crippen LogP contribution in [0.2, 0.25) is 0 Å². The lowest BCUT2D eigenvalue weighted by atomic mass is 9.79. The predicted molar refractivity (Wildman–Crippen MR) is 120 cm³/mol. The van der Waals surface area contributed by atoms with Gasteiger partial charge in [0.05, 0.1) is 30.4 Å².